The summed E-state index contributed by atoms with van der Waals surface area (Å²) in [6.07, 6.45) is 0. The lowest BCUT2D eigenvalue weighted by molar-refractivity contribution is 0.161. The van der Waals surface area contributed by atoms with Crippen LogP contribution in [0.4, 0.5) is 5.69 Å². The lowest BCUT2D eigenvalue weighted by Crippen LogP contribution is -2.45. The topological polar surface area (TPSA) is 66.6 Å². The van der Waals surface area contributed by atoms with Crippen LogP contribution in [-0.4, -0.2) is 63.7 Å². The van der Waals surface area contributed by atoms with E-state index in [0.29, 0.717) is 12.2 Å². The van der Waals surface area contributed by atoms with E-state index in [0.717, 1.165) is 30.7 Å². The van der Waals surface area contributed by atoms with E-state index in [1.807, 2.05) is 0 Å². The van der Waals surface area contributed by atoms with Gasteiger partial charge in [-0.15, -0.1) is 0 Å². The molecule has 0 amide bonds. The van der Waals surface area contributed by atoms with Crippen LogP contribution in [0.2, 0.25) is 0 Å². The van der Waals surface area contributed by atoms with Gasteiger partial charge in [-0.1, -0.05) is 15.9 Å². The predicted octanol–water partition coefficient (Wildman–Crippen LogP) is 1.05. The molecular formula is C13H20BrN3O2S. The molecule has 1 aromatic carbocycles. The summed E-state index contributed by atoms with van der Waals surface area (Å²) in [6, 6.07) is 4.90. The summed E-state index contributed by atoms with van der Waals surface area (Å²) in [6.45, 7) is 4.37. The van der Waals surface area contributed by atoms with Crippen molar-refractivity contribution in [1.29, 1.82) is 0 Å². The Morgan fingerprint density at radius 1 is 1.25 bits per heavy atom. The van der Waals surface area contributed by atoms with Crippen molar-refractivity contribution in [2.75, 3.05) is 51.3 Å². The Morgan fingerprint density at radius 2 is 1.90 bits per heavy atom. The number of halogens is 1. The average Bonchev–Trinajstić information content (AvgIpc) is 2.37. The highest BCUT2D eigenvalue weighted by Crippen LogP contribution is 2.23. The molecule has 20 heavy (non-hydrogen) atoms. The highest BCUT2D eigenvalue weighted by Gasteiger charge is 2.21. The molecule has 0 atom stereocenters. The molecule has 1 aliphatic rings. The van der Waals surface area contributed by atoms with Crippen molar-refractivity contribution in [3.05, 3.63) is 22.7 Å². The molecule has 7 heteroatoms. The van der Waals surface area contributed by atoms with E-state index in [1.54, 1.807) is 18.2 Å². The normalized spacial score (nSPS) is 18.3. The number of nitrogens with zero attached hydrogens (tertiary/aromatic N) is 2. The van der Waals surface area contributed by atoms with Gasteiger partial charge >= 0.3 is 0 Å². The van der Waals surface area contributed by atoms with Gasteiger partial charge in [0.2, 0.25) is 0 Å². The molecule has 0 aliphatic carbocycles. The fourth-order valence-electron chi connectivity index (χ4n) is 2.23. The van der Waals surface area contributed by atoms with Crippen molar-refractivity contribution in [2.45, 2.75) is 4.90 Å². The SMILES string of the molecule is CN1CCN(CCS(=O)(=O)c2ccc(Br)cc2N)CC1. The molecule has 0 saturated carbocycles. The van der Waals surface area contributed by atoms with Gasteiger partial charge < -0.3 is 10.6 Å². The number of benzene rings is 1. The Balaban J connectivity index is 2.00. The van der Waals surface area contributed by atoms with E-state index in [4.69, 9.17) is 5.73 Å². The van der Waals surface area contributed by atoms with Crippen LogP contribution >= 0.6 is 15.9 Å². The Labute approximate surface area is 128 Å². The summed E-state index contributed by atoms with van der Waals surface area (Å²) in [7, 11) is -1.24. The molecule has 0 bridgehead atoms. The first-order valence-electron chi connectivity index (χ1n) is 6.57. The summed E-state index contributed by atoms with van der Waals surface area (Å²) in [5.74, 6) is 0.114. The van der Waals surface area contributed by atoms with Gasteiger partial charge in [-0.3, -0.25) is 4.90 Å². The Kier molecular flexibility index (Phi) is 5.06. The molecule has 0 radical (unpaired) electrons. The van der Waals surface area contributed by atoms with Crippen LogP contribution < -0.4 is 5.73 Å². The van der Waals surface area contributed by atoms with Gasteiger partial charge in [0.05, 0.1) is 16.3 Å². The van der Waals surface area contributed by atoms with E-state index in [2.05, 4.69) is 32.8 Å². The summed E-state index contributed by atoms with van der Waals surface area (Å²) in [5.41, 5.74) is 6.11. The molecule has 1 saturated heterocycles. The summed E-state index contributed by atoms with van der Waals surface area (Å²) in [5, 5.41) is 0. The third-order valence-electron chi connectivity index (χ3n) is 3.58. The second-order valence-corrected chi connectivity index (χ2v) is 8.14. The van der Waals surface area contributed by atoms with Crippen LogP contribution in [0, 0.1) is 0 Å². The summed E-state index contributed by atoms with van der Waals surface area (Å²) in [4.78, 5) is 4.67. The number of rotatable bonds is 4. The number of anilines is 1. The van der Waals surface area contributed by atoms with E-state index < -0.39 is 9.84 Å². The van der Waals surface area contributed by atoms with Crippen molar-refractivity contribution in [3.8, 4) is 0 Å². The third kappa shape index (κ3) is 3.94. The van der Waals surface area contributed by atoms with Gasteiger partial charge in [-0.25, -0.2) is 8.42 Å². The monoisotopic (exact) mass is 361 g/mol. The van der Waals surface area contributed by atoms with Gasteiger partial charge in [0.1, 0.15) is 0 Å². The highest BCUT2D eigenvalue weighted by atomic mass is 79.9. The van der Waals surface area contributed by atoms with E-state index in [-0.39, 0.29) is 10.6 Å². The van der Waals surface area contributed by atoms with Crippen LogP contribution in [-0.2, 0) is 9.84 Å². The molecule has 1 aliphatic heterocycles. The zero-order valence-corrected chi connectivity index (χ0v) is 14.0. The molecule has 2 N–H and O–H groups in total. The number of nitrogen functional groups attached to an aromatic ring is 1. The number of hydrogen-bond donors (Lipinski definition) is 1. The van der Waals surface area contributed by atoms with Gasteiger partial charge in [0, 0.05) is 37.2 Å². The predicted molar refractivity (Wildman–Crippen MR) is 84.5 cm³/mol. The molecule has 5 nitrogen and oxygen atoms in total. The van der Waals surface area contributed by atoms with Crippen molar-refractivity contribution >= 4 is 31.5 Å². The Hall–Kier alpha value is -0.630. The first kappa shape index (κ1) is 15.8. The van der Waals surface area contributed by atoms with Crippen LogP contribution in [0.15, 0.2) is 27.6 Å². The highest BCUT2D eigenvalue weighted by molar-refractivity contribution is 9.10. The zero-order chi connectivity index (χ0) is 14.8. The van der Waals surface area contributed by atoms with Gasteiger partial charge in [0.25, 0.3) is 0 Å². The minimum atomic E-state index is -3.32. The molecule has 0 aromatic heterocycles. The maximum atomic E-state index is 12.3. The van der Waals surface area contributed by atoms with Crippen molar-refractivity contribution in [3.63, 3.8) is 0 Å². The largest absolute Gasteiger partial charge is 0.398 e. The van der Waals surface area contributed by atoms with Crippen LogP contribution in [0.1, 0.15) is 0 Å². The fourth-order valence-corrected chi connectivity index (χ4v) is 4.02. The molecule has 2 rings (SSSR count). The van der Waals surface area contributed by atoms with Crippen molar-refractivity contribution in [2.24, 2.45) is 0 Å². The van der Waals surface area contributed by atoms with Crippen LogP contribution in [0.25, 0.3) is 0 Å². The van der Waals surface area contributed by atoms with Crippen molar-refractivity contribution < 1.29 is 8.42 Å². The average molecular weight is 362 g/mol. The third-order valence-corrected chi connectivity index (χ3v) is 5.83. The molecule has 1 aromatic rings. The van der Waals surface area contributed by atoms with Gasteiger partial charge in [-0.2, -0.15) is 0 Å². The van der Waals surface area contributed by atoms with Crippen LogP contribution in [0.3, 0.4) is 0 Å². The molecule has 1 heterocycles. The van der Waals surface area contributed by atoms with Gasteiger partial charge in [-0.05, 0) is 25.2 Å². The minimum absolute atomic E-state index is 0.114. The maximum Gasteiger partial charge on any atom is 0.181 e. The quantitative estimate of drug-likeness (QED) is 0.812. The molecule has 112 valence electrons. The van der Waals surface area contributed by atoms with Crippen LogP contribution in [0.5, 0.6) is 0 Å². The first-order chi connectivity index (χ1) is 9.38. The first-order valence-corrected chi connectivity index (χ1v) is 9.02. The van der Waals surface area contributed by atoms with Crippen molar-refractivity contribution in [1.82, 2.24) is 9.80 Å². The molecule has 0 spiro atoms. The summed E-state index contributed by atoms with van der Waals surface area (Å²) >= 11 is 3.28. The standard InChI is InChI=1S/C13H20BrN3O2S/c1-16-4-6-17(7-5-16)8-9-20(18,19)13-3-2-11(14)10-12(13)15/h2-3,10H,4-9,15H2,1H3. The lowest BCUT2D eigenvalue weighted by Gasteiger charge is -2.32. The smallest absolute Gasteiger partial charge is 0.181 e. The Bertz CT molecular complexity index is 569. The van der Waals surface area contributed by atoms with Gasteiger partial charge in [0.15, 0.2) is 9.84 Å². The second-order valence-electron chi connectivity index (χ2n) is 5.15. The fraction of sp³-hybridized carbons (Fsp3) is 0.538. The number of hydrogen-bond acceptors (Lipinski definition) is 5. The Morgan fingerprint density at radius 3 is 2.50 bits per heavy atom. The molecule has 1 fully saturated rings. The minimum Gasteiger partial charge on any atom is -0.398 e. The number of piperazine rings is 1. The van der Waals surface area contributed by atoms with E-state index >= 15 is 0 Å². The zero-order valence-electron chi connectivity index (χ0n) is 11.5. The number of sulfone groups is 1. The maximum absolute atomic E-state index is 12.3. The molecule has 0 unspecified atom stereocenters. The lowest BCUT2D eigenvalue weighted by atomic mass is 10.3. The second kappa shape index (κ2) is 6.43. The number of likely N-dealkylation sites (N-methyl/N-ethyl adjacent to an activating group) is 1. The summed E-state index contributed by atoms with van der Waals surface area (Å²) < 4.78 is 25.5. The number of nitrogens with two attached hydrogens (primary N) is 1. The molecular weight excluding hydrogens is 342 g/mol. The van der Waals surface area contributed by atoms with E-state index in [1.165, 1.54) is 0 Å². The van der Waals surface area contributed by atoms with E-state index in [9.17, 15) is 8.42 Å².